The van der Waals surface area contributed by atoms with E-state index in [2.05, 4.69) is 4.90 Å². The first kappa shape index (κ1) is 15.4. The maximum Gasteiger partial charge on any atom is 0.244 e. The average molecular weight is 329 g/mol. The molecule has 2 N–H and O–H groups in total. The van der Waals surface area contributed by atoms with Crippen LogP contribution in [0.15, 0.2) is 11.0 Å². The van der Waals surface area contributed by atoms with Gasteiger partial charge in [-0.15, -0.1) is 11.3 Å². The fourth-order valence-electron chi connectivity index (χ4n) is 3.50. The number of fused-ring (bicyclic) bond motifs is 1. The van der Waals surface area contributed by atoms with Gasteiger partial charge in [0.05, 0.1) is 4.90 Å². The molecule has 118 valence electrons. The van der Waals surface area contributed by atoms with Gasteiger partial charge in [0.2, 0.25) is 10.0 Å². The fourth-order valence-corrected chi connectivity index (χ4v) is 6.65. The second-order valence-electron chi connectivity index (χ2n) is 6.05. The van der Waals surface area contributed by atoms with Crippen molar-refractivity contribution in [3.63, 3.8) is 0 Å². The van der Waals surface area contributed by atoms with E-state index in [0.29, 0.717) is 24.0 Å². The van der Waals surface area contributed by atoms with Gasteiger partial charge in [0.15, 0.2) is 0 Å². The van der Waals surface area contributed by atoms with Crippen LogP contribution < -0.4 is 5.73 Å². The Balaban J connectivity index is 1.91. The molecule has 0 radical (unpaired) electrons. The summed E-state index contributed by atoms with van der Waals surface area (Å²) in [6, 6.07) is 2.18. The molecule has 2 fully saturated rings. The Morgan fingerprint density at radius 2 is 2.19 bits per heavy atom. The Morgan fingerprint density at radius 1 is 1.43 bits per heavy atom. The summed E-state index contributed by atoms with van der Waals surface area (Å²) >= 11 is 1.48. The van der Waals surface area contributed by atoms with E-state index in [4.69, 9.17) is 5.73 Å². The van der Waals surface area contributed by atoms with E-state index >= 15 is 0 Å². The lowest BCUT2D eigenvalue weighted by Gasteiger charge is -2.41. The maximum atomic E-state index is 13.0. The van der Waals surface area contributed by atoms with Gasteiger partial charge in [-0.1, -0.05) is 0 Å². The van der Waals surface area contributed by atoms with Crippen LogP contribution in [0.2, 0.25) is 0 Å². The van der Waals surface area contributed by atoms with E-state index < -0.39 is 10.0 Å². The van der Waals surface area contributed by atoms with Crippen LogP contribution in [0, 0.1) is 6.92 Å². The van der Waals surface area contributed by atoms with Crippen LogP contribution in [-0.2, 0) is 16.6 Å². The minimum atomic E-state index is -3.41. The van der Waals surface area contributed by atoms with Crippen LogP contribution in [0.25, 0.3) is 0 Å². The summed E-state index contributed by atoms with van der Waals surface area (Å²) < 4.78 is 27.7. The molecule has 2 aliphatic heterocycles. The minimum absolute atomic E-state index is 0.0324. The predicted molar refractivity (Wildman–Crippen MR) is 84.9 cm³/mol. The van der Waals surface area contributed by atoms with Crippen LogP contribution in [0.1, 0.15) is 29.5 Å². The van der Waals surface area contributed by atoms with Gasteiger partial charge in [-0.05, 0) is 39.3 Å². The van der Waals surface area contributed by atoms with E-state index in [9.17, 15) is 8.42 Å². The van der Waals surface area contributed by atoms with Crippen molar-refractivity contribution in [2.75, 3.05) is 19.6 Å². The smallest absolute Gasteiger partial charge is 0.244 e. The van der Waals surface area contributed by atoms with E-state index in [-0.39, 0.29) is 6.04 Å². The SMILES string of the molecule is Cc1sc(CN)cc1S(=O)(=O)N1CC2CCCN2CC1C. The first-order valence-corrected chi connectivity index (χ1v) is 9.74. The highest BCUT2D eigenvalue weighted by molar-refractivity contribution is 7.89. The van der Waals surface area contributed by atoms with Crippen LogP contribution in [0.3, 0.4) is 0 Å². The number of sulfonamides is 1. The Bertz CT molecular complexity index is 626. The Hall–Kier alpha value is -0.470. The molecule has 1 aromatic heterocycles. The molecule has 21 heavy (non-hydrogen) atoms. The Kier molecular flexibility index (Phi) is 4.13. The highest BCUT2D eigenvalue weighted by Gasteiger charge is 2.40. The number of thiophene rings is 1. The van der Waals surface area contributed by atoms with Gasteiger partial charge >= 0.3 is 0 Å². The highest BCUT2D eigenvalue weighted by atomic mass is 32.2. The summed E-state index contributed by atoms with van der Waals surface area (Å²) in [5, 5.41) is 0. The molecule has 2 unspecified atom stereocenters. The van der Waals surface area contributed by atoms with Gasteiger partial charge in [-0.3, -0.25) is 4.90 Å². The lowest BCUT2D eigenvalue weighted by atomic mass is 10.1. The van der Waals surface area contributed by atoms with E-state index in [1.54, 1.807) is 10.4 Å². The van der Waals surface area contributed by atoms with Crippen molar-refractivity contribution in [3.8, 4) is 0 Å². The van der Waals surface area contributed by atoms with Crippen molar-refractivity contribution in [1.82, 2.24) is 9.21 Å². The monoisotopic (exact) mass is 329 g/mol. The summed E-state index contributed by atoms with van der Waals surface area (Å²) in [5.41, 5.74) is 5.65. The molecule has 7 heteroatoms. The zero-order valence-corrected chi connectivity index (χ0v) is 14.2. The molecule has 0 spiro atoms. The van der Waals surface area contributed by atoms with E-state index in [1.807, 2.05) is 13.8 Å². The number of hydrogen-bond donors (Lipinski definition) is 1. The molecule has 1 aromatic rings. The normalized spacial score (nSPS) is 28.0. The number of aryl methyl sites for hydroxylation is 1. The molecular weight excluding hydrogens is 306 g/mol. The molecule has 0 aromatic carbocycles. The summed E-state index contributed by atoms with van der Waals surface area (Å²) in [6.07, 6.45) is 2.29. The minimum Gasteiger partial charge on any atom is -0.326 e. The third-order valence-corrected chi connectivity index (χ3v) is 7.90. The topological polar surface area (TPSA) is 66.6 Å². The molecule has 2 aliphatic rings. The number of hydrogen-bond acceptors (Lipinski definition) is 5. The summed E-state index contributed by atoms with van der Waals surface area (Å²) in [7, 11) is -3.41. The van der Waals surface area contributed by atoms with Gasteiger partial charge in [0, 0.05) is 41.5 Å². The van der Waals surface area contributed by atoms with Crippen molar-refractivity contribution in [2.45, 2.75) is 50.2 Å². The largest absolute Gasteiger partial charge is 0.326 e. The van der Waals surface area contributed by atoms with Crippen molar-refractivity contribution in [1.29, 1.82) is 0 Å². The number of nitrogens with zero attached hydrogens (tertiary/aromatic N) is 2. The number of nitrogens with two attached hydrogens (primary N) is 1. The molecule has 2 saturated heterocycles. The van der Waals surface area contributed by atoms with Crippen LogP contribution in [0.4, 0.5) is 0 Å². The maximum absolute atomic E-state index is 13.0. The number of piperazine rings is 1. The molecule has 0 saturated carbocycles. The molecule has 3 rings (SSSR count). The van der Waals surface area contributed by atoms with Crippen molar-refractivity contribution in [3.05, 3.63) is 15.8 Å². The Labute approximate surface area is 130 Å². The van der Waals surface area contributed by atoms with Crippen LogP contribution in [-0.4, -0.2) is 49.3 Å². The molecule has 0 aliphatic carbocycles. The predicted octanol–water partition coefficient (Wildman–Crippen LogP) is 1.37. The lowest BCUT2D eigenvalue weighted by Crippen LogP contribution is -2.56. The van der Waals surface area contributed by atoms with Crippen molar-refractivity contribution < 1.29 is 8.42 Å². The quantitative estimate of drug-likeness (QED) is 0.909. The summed E-state index contributed by atoms with van der Waals surface area (Å²) in [5.74, 6) is 0. The van der Waals surface area contributed by atoms with Gasteiger partial charge in [0.25, 0.3) is 0 Å². The standard InChI is InChI=1S/C14H23N3O2S2/c1-10-8-16-5-3-4-12(16)9-17(10)21(18,19)14-6-13(7-15)20-11(14)2/h6,10,12H,3-5,7-9,15H2,1-2H3. The van der Waals surface area contributed by atoms with Gasteiger partial charge in [-0.25, -0.2) is 8.42 Å². The molecule has 5 nitrogen and oxygen atoms in total. The van der Waals surface area contributed by atoms with Crippen molar-refractivity contribution >= 4 is 21.4 Å². The van der Waals surface area contributed by atoms with Gasteiger partial charge < -0.3 is 5.73 Å². The third kappa shape index (κ3) is 2.66. The van der Waals surface area contributed by atoms with E-state index in [0.717, 1.165) is 29.3 Å². The molecular formula is C14H23N3O2S2. The lowest BCUT2D eigenvalue weighted by molar-refractivity contribution is 0.117. The molecule has 2 atom stereocenters. The highest BCUT2D eigenvalue weighted by Crippen LogP contribution is 2.32. The van der Waals surface area contributed by atoms with Gasteiger partial charge in [-0.2, -0.15) is 4.31 Å². The molecule has 3 heterocycles. The molecule has 0 amide bonds. The number of rotatable bonds is 3. The zero-order valence-electron chi connectivity index (χ0n) is 12.6. The first-order chi connectivity index (χ1) is 9.93. The van der Waals surface area contributed by atoms with E-state index in [1.165, 1.54) is 17.8 Å². The van der Waals surface area contributed by atoms with Crippen molar-refractivity contribution in [2.24, 2.45) is 5.73 Å². The van der Waals surface area contributed by atoms with Crippen LogP contribution in [0.5, 0.6) is 0 Å². The second kappa shape index (κ2) is 5.62. The summed E-state index contributed by atoms with van der Waals surface area (Å²) in [6.45, 7) is 6.85. The first-order valence-electron chi connectivity index (χ1n) is 7.48. The average Bonchev–Trinajstić information content (AvgIpc) is 3.03. The third-order valence-electron chi connectivity index (χ3n) is 4.59. The van der Waals surface area contributed by atoms with Crippen LogP contribution >= 0.6 is 11.3 Å². The Morgan fingerprint density at radius 3 is 2.86 bits per heavy atom. The summed E-state index contributed by atoms with van der Waals surface area (Å²) in [4.78, 5) is 4.66. The fraction of sp³-hybridized carbons (Fsp3) is 0.714. The van der Waals surface area contributed by atoms with Gasteiger partial charge in [0.1, 0.15) is 0 Å². The second-order valence-corrected chi connectivity index (χ2v) is 9.25. The molecule has 0 bridgehead atoms. The zero-order chi connectivity index (χ0) is 15.2.